The summed E-state index contributed by atoms with van der Waals surface area (Å²) in [5.41, 5.74) is 1.51. The Kier molecular flexibility index (Phi) is 5.05. The standard InChI is InChI=1S/C29H24N2O5/c1-18-8-6-9-19(16-18)17-30-22-12-4-3-11-21(22)29(28(30)35)24-25(33)20-10-2-5-13-23(20)36-26(24)27(34)31(29)14-7-15-32/h2-6,8-13,16,32H,7,14-15,17H2,1H3. The number of aliphatic hydroxyl groups excluding tert-OH is 1. The van der Waals surface area contributed by atoms with Crippen LogP contribution in [0.15, 0.2) is 82.0 Å². The quantitative estimate of drug-likeness (QED) is 0.470. The summed E-state index contributed by atoms with van der Waals surface area (Å²) in [5.74, 6) is -1.02. The first-order valence-electron chi connectivity index (χ1n) is 11.9. The minimum absolute atomic E-state index is 0.0494. The Hall–Kier alpha value is -4.23. The van der Waals surface area contributed by atoms with Gasteiger partial charge in [-0.25, -0.2) is 0 Å². The number of aliphatic hydroxyl groups is 1. The first kappa shape index (κ1) is 22.2. The Labute approximate surface area is 207 Å². The maximum Gasteiger partial charge on any atom is 0.291 e. The summed E-state index contributed by atoms with van der Waals surface area (Å²) in [6.07, 6.45) is 0.252. The van der Waals surface area contributed by atoms with Crippen LogP contribution >= 0.6 is 0 Å². The van der Waals surface area contributed by atoms with Gasteiger partial charge in [-0.05, 0) is 37.1 Å². The highest BCUT2D eigenvalue weighted by Crippen LogP contribution is 2.52. The van der Waals surface area contributed by atoms with Crippen LogP contribution in [0, 0.1) is 6.92 Å². The Morgan fingerprint density at radius 3 is 2.53 bits per heavy atom. The van der Waals surface area contributed by atoms with E-state index in [0.717, 1.165) is 11.1 Å². The van der Waals surface area contributed by atoms with Crippen LogP contribution in [-0.4, -0.2) is 35.0 Å². The van der Waals surface area contributed by atoms with E-state index in [0.29, 0.717) is 22.2 Å². The third-order valence-electron chi connectivity index (χ3n) is 7.11. The monoisotopic (exact) mass is 480 g/mol. The van der Waals surface area contributed by atoms with Gasteiger partial charge in [0.2, 0.25) is 5.76 Å². The summed E-state index contributed by atoms with van der Waals surface area (Å²) in [7, 11) is 0. The van der Waals surface area contributed by atoms with E-state index in [1.807, 2.05) is 43.3 Å². The van der Waals surface area contributed by atoms with Gasteiger partial charge in [-0.15, -0.1) is 0 Å². The van der Waals surface area contributed by atoms with Gasteiger partial charge >= 0.3 is 0 Å². The van der Waals surface area contributed by atoms with Gasteiger partial charge in [0.15, 0.2) is 11.0 Å². The highest BCUT2D eigenvalue weighted by atomic mass is 16.3. The van der Waals surface area contributed by atoms with E-state index in [9.17, 15) is 19.5 Å². The number of aryl methyl sites for hydroxylation is 1. The molecule has 0 aliphatic carbocycles. The van der Waals surface area contributed by atoms with E-state index in [2.05, 4.69) is 0 Å². The molecule has 0 bridgehead atoms. The second-order valence-corrected chi connectivity index (χ2v) is 9.27. The molecule has 3 aromatic carbocycles. The molecule has 180 valence electrons. The van der Waals surface area contributed by atoms with Gasteiger partial charge < -0.3 is 19.3 Å². The average molecular weight is 481 g/mol. The predicted molar refractivity (Wildman–Crippen MR) is 135 cm³/mol. The lowest BCUT2D eigenvalue weighted by molar-refractivity contribution is -0.126. The van der Waals surface area contributed by atoms with E-state index < -0.39 is 16.9 Å². The molecule has 3 heterocycles. The summed E-state index contributed by atoms with van der Waals surface area (Å²) in [5, 5.41) is 9.90. The molecule has 1 spiro atoms. The molecule has 0 radical (unpaired) electrons. The van der Waals surface area contributed by atoms with Gasteiger partial charge in [0, 0.05) is 18.7 Å². The fourth-order valence-corrected chi connectivity index (χ4v) is 5.62. The van der Waals surface area contributed by atoms with E-state index in [4.69, 9.17) is 4.42 Å². The number of para-hydroxylation sites is 2. The molecule has 6 rings (SSSR count). The third kappa shape index (κ3) is 2.93. The van der Waals surface area contributed by atoms with Crippen molar-refractivity contribution in [1.82, 2.24) is 4.90 Å². The van der Waals surface area contributed by atoms with Crippen molar-refractivity contribution >= 4 is 28.5 Å². The fraction of sp³-hybridized carbons (Fsp3) is 0.207. The number of rotatable bonds is 5. The highest BCUT2D eigenvalue weighted by Gasteiger charge is 2.64. The zero-order valence-electron chi connectivity index (χ0n) is 19.7. The topological polar surface area (TPSA) is 91.1 Å². The lowest BCUT2D eigenvalue weighted by atomic mass is 9.84. The van der Waals surface area contributed by atoms with Gasteiger partial charge in [-0.1, -0.05) is 60.2 Å². The van der Waals surface area contributed by atoms with Crippen LogP contribution in [-0.2, 0) is 16.9 Å². The number of amides is 2. The van der Waals surface area contributed by atoms with Crippen LogP contribution in [0.5, 0.6) is 0 Å². The van der Waals surface area contributed by atoms with Crippen LogP contribution in [0.4, 0.5) is 5.69 Å². The zero-order chi connectivity index (χ0) is 25.0. The zero-order valence-corrected chi connectivity index (χ0v) is 19.7. The highest BCUT2D eigenvalue weighted by molar-refractivity contribution is 6.17. The number of fused-ring (bicyclic) bond motifs is 5. The molecule has 4 aromatic rings. The van der Waals surface area contributed by atoms with Gasteiger partial charge in [0.05, 0.1) is 23.2 Å². The normalized spacial score (nSPS) is 18.4. The Morgan fingerprint density at radius 1 is 0.944 bits per heavy atom. The van der Waals surface area contributed by atoms with Crippen molar-refractivity contribution in [2.45, 2.75) is 25.4 Å². The molecule has 0 saturated heterocycles. The van der Waals surface area contributed by atoms with E-state index in [1.54, 1.807) is 41.3 Å². The number of carbonyl (C=O) groups is 2. The summed E-state index contributed by atoms with van der Waals surface area (Å²) < 4.78 is 6.00. The molecule has 2 amide bonds. The summed E-state index contributed by atoms with van der Waals surface area (Å²) in [6.45, 7) is 2.20. The molecule has 2 aliphatic rings. The largest absolute Gasteiger partial charge is 0.450 e. The van der Waals surface area contributed by atoms with E-state index >= 15 is 0 Å². The Morgan fingerprint density at radius 2 is 1.72 bits per heavy atom. The molecule has 0 saturated carbocycles. The molecule has 1 unspecified atom stereocenters. The van der Waals surface area contributed by atoms with Gasteiger partial charge in [0.1, 0.15) is 5.58 Å². The fourth-order valence-electron chi connectivity index (χ4n) is 5.62. The lowest BCUT2D eigenvalue weighted by Crippen LogP contribution is -2.53. The molecule has 0 fully saturated rings. The maximum absolute atomic E-state index is 14.5. The third-order valence-corrected chi connectivity index (χ3v) is 7.11. The first-order chi connectivity index (χ1) is 17.5. The van der Waals surface area contributed by atoms with Crippen molar-refractivity contribution in [1.29, 1.82) is 0 Å². The smallest absolute Gasteiger partial charge is 0.291 e. The van der Waals surface area contributed by atoms with E-state index in [-0.39, 0.29) is 43.3 Å². The molecule has 1 N–H and O–H groups in total. The van der Waals surface area contributed by atoms with Crippen LogP contribution in [0.1, 0.15) is 39.2 Å². The van der Waals surface area contributed by atoms with Crippen LogP contribution in [0.25, 0.3) is 11.0 Å². The van der Waals surface area contributed by atoms with Gasteiger partial charge in [-0.2, -0.15) is 0 Å². The van der Waals surface area contributed by atoms with Crippen LogP contribution in [0.3, 0.4) is 0 Å². The van der Waals surface area contributed by atoms with Gasteiger partial charge in [0.25, 0.3) is 11.8 Å². The summed E-state index contributed by atoms with van der Waals surface area (Å²) in [6, 6.07) is 21.9. The SMILES string of the molecule is Cc1cccc(CN2C(=O)C3(c4ccccc42)c2c(oc4ccccc4c2=O)C(=O)N3CCCO)c1. The summed E-state index contributed by atoms with van der Waals surface area (Å²) >= 11 is 0. The number of hydrogen-bond donors (Lipinski definition) is 1. The van der Waals surface area contributed by atoms with Crippen molar-refractivity contribution in [3.63, 3.8) is 0 Å². The second kappa shape index (κ2) is 8.17. The molecular weight excluding hydrogens is 456 g/mol. The molecule has 36 heavy (non-hydrogen) atoms. The molecule has 1 aromatic heterocycles. The van der Waals surface area contributed by atoms with Crippen molar-refractivity contribution in [2.75, 3.05) is 18.1 Å². The number of anilines is 1. The molecular formula is C29H24N2O5. The van der Waals surface area contributed by atoms with E-state index in [1.165, 1.54) is 4.90 Å². The maximum atomic E-state index is 14.5. The van der Waals surface area contributed by atoms with Crippen molar-refractivity contribution in [3.05, 3.63) is 111 Å². The number of benzene rings is 3. The number of nitrogens with zero attached hydrogens (tertiary/aromatic N) is 2. The Bertz CT molecular complexity index is 1610. The predicted octanol–water partition coefficient (Wildman–Crippen LogP) is 3.73. The number of carbonyl (C=O) groups excluding carboxylic acids is 2. The minimum Gasteiger partial charge on any atom is -0.450 e. The van der Waals surface area contributed by atoms with Crippen LogP contribution < -0.4 is 10.3 Å². The molecule has 2 aliphatic heterocycles. The first-order valence-corrected chi connectivity index (χ1v) is 11.9. The molecule has 7 nitrogen and oxygen atoms in total. The number of hydrogen-bond acceptors (Lipinski definition) is 5. The molecule has 7 heteroatoms. The minimum atomic E-state index is -1.66. The lowest BCUT2D eigenvalue weighted by Gasteiger charge is -2.34. The van der Waals surface area contributed by atoms with Gasteiger partial charge in [-0.3, -0.25) is 14.4 Å². The van der Waals surface area contributed by atoms with Crippen molar-refractivity contribution < 1.29 is 19.1 Å². The second-order valence-electron chi connectivity index (χ2n) is 9.27. The summed E-state index contributed by atoms with van der Waals surface area (Å²) in [4.78, 5) is 45.3. The van der Waals surface area contributed by atoms with Crippen LogP contribution in [0.2, 0.25) is 0 Å². The van der Waals surface area contributed by atoms with Crippen molar-refractivity contribution in [3.8, 4) is 0 Å². The average Bonchev–Trinajstić information content (AvgIpc) is 3.27. The Balaban J connectivity index is 1.64. The molecule has 1 atom stereocenters. The van der Waals surface area contributed by atoms with Crippen molar-refractivity contribution in [2.24, 2.45) is 0 Å².